The number of esters is 1. The van der Waals surface area contributed by atoms with E-state index in [1.165, 1.54) is 31.2 Å². The lowest BCUT2D eigenvalue weighted by atomic mass is 10.2. The number of para-hydroxylation sites is 2. The fraction of sp³-hybridized carbons (Fsp3) is 0.105. The van der Waals surface area contributed by atoms with Crippen molar-refractivity contribution in [1.82, 2.24) is 4.98 Å². The molecule has 1 atom stereocenters. The molecular formula is C19H15FN2O3. The lowest BCUT2D eigenvalue weighted by Gasteiger charge is -2.13. The molecule has 3 rings (SSSR count). The topological polar surface area (TPSA) is 68.3 Å². The molecule has 25 heavy (non-hydrogen) atoms. The zero-order chi connectivity index (χ0) is 17.8. The van der Waals surface area contributed by atoms with E-state index in [9.17, 15) is 14.0 Å². The molecule has 1 amide bonds. The van der Waals surface area contributed by atoms with Crippen molar-refractivity contribution in [3.63, 3.8) is 0 Å². The molecule has 0 fully saturated rings. The van der Waals surface area contributed by atoms with Gasteiger partial charge in [0.1, 0.15) is 11.5 Å². The van der Waals surface area contributed by atoms with Gasteiger partial charge in [0.05, 0.1) is 11.2 Å². The molecule has 0 aliphatic rings. The first kappa shape index (κ1) is 16.6. The number of benzene rings is 2. The molecule has 0 saturated carbocycles. The second-order valence-corrected chi connectivity index (χ2v) is 5.41. The van der Waals surface area contributed by atoms with Crippen molar-refractivity contribution in [3.8, 4) is 0 Å². The Morgan fingerprint density at radius 2 is 1.76 bits per heavy atom. The number of amides is 1. The second kappa shape index (κ2) is 7.09. The number of nitrogens with one attached hydrogen (secondary N) is 1. The molecule has 0 bridgehead atoms. The van der Waals surface area contributed by atoms with E-state index in [1.54, 1.807) is 18.2 Å². The van der Waals surface area contributed by atoms with Crippen molar-refractivity contribution < 1.29 is 18.7 Å². The number of rotatable bonds is 4. The standard InChI is InChI=1S/C19H15FN2O3/c1-12(18(23)22-16-9-5-3-7-14(16)20)25-19(24)17-11-10-13-6-2-4-8-15(13)21-17/h2-12H,1H3,(H,22,23). The van der Waals surface area contributed by atoms with Gasteiger partial charge >= 0.3 is 5.97 Å². The van der Waals surface area contributed by atoms with Crippen LogP contribution in [0.5, 0.6) is 0 Å². The minimum Gasteiger partial charge on any atom is -0.448 e. The maximum absolute atomic E-state index is 13.6. The Kier molecular flexibility index (Phi) is 4.70. The number of carbonyl (C=O) groups excluding carboxylic acids is 2. The second-order valence-electron chi connectivity index (χ2n) is 5.41. The normalized spacial score (nSPS) is 11.8. The summed E-state index contributed by atoms with van der Waals surface area (Å²) in [5, 5.41) is 3.28. The predicted octanol–water partition coefficient (Wildman–Crippen LogP) is 3.56. The molecule has 1 unspecified atom stereocenters. The molecule has 0 aliphatic heterocycles. The number of hydrogen-bond acceptors (Lipinski definition) is 4. The Balaban J connectivity index is 1.68. The van der Waals surface area contributed by atoms with Crippen LogP contribution >= 0.6 is 0 Å². The van der Waals surface area contributed by atoms with Gasteiger partial charge in [0.2, 0.25) is 0 Å². The van der Waals surface area contributed by atoms with Crippen LogP contribution in [0.3, 0.4) is 0 Å². The number of fused-ring (bicyclic) bond motifs is 1. The van der Waals surface area contributed by atoms with Crippen LogP contribution in [0, 0.1) is 5.82 Å². The highest BCUT2D eigenvalue weighted by atomic mass is 19.1. The number of carbonyl (C=O) groups is 2. The van der Waals surface area contributed by atoms with Gasteiger partial charge in [-0.25, -0.2) is 14.2 Å². The monoisotopic (exact) mass is 338 g/mol. The number of hydrogen-bond donors (Lipinski definition) is 1. The van der Waals surface area contributed by atoms with E-state index >= 15 is 0 Å². The van der Waals surface area contributed by atoms with Crippen LogP contribution in [0.2, 0.25) is 0 Å². The quantitative estimate of drug-likeness (QED) is 0.739. The number of nitrogens with zero attached hydrogens (tertiary/aromatic N) is 1. The zero-order valence-corrected chi connectivity index (χ0v) is 13.4. The van der Waals surface area contributed by atoms with Crippen LogP contribution in [0.4, 0.5) is 10.1 Å². The summed E-state index contributed by atoms with van der Waals surface area (Å²) in [7, 11) is 0. The van der Waals surface area contributed by atoms with Gasteiger partial charge in [-0.05, 0) is 31.2 Å². The molecule has 0 radical (unpaired) electrons. The highest BCUT2D eigenvalue weighted by Crippen LogP contribution is 2.15. The predicted molar refractivity (Wildman–Crippen MR) is 91.7 cm³/mol. The van der Waals surface area contributed by atoms with Crippen molar-refractivity contribution in [3.05, 3.63) is 72.2 Å². The van der Waals surface area contributed by atoms with E-state index in [-0.39, 0.29) is 11.4 Å². The highest BCUT2D eigenvalue weighted by Gasteiger charge is 2.20. The van der Waals surface area contributed by atoms with Gasteiger partial charge < -0.3 is 10.1 Å². The van der Waals surface area contributed by atoms with Crippen LogP contribution in [0.1, 0.15) is 17.4 Å². The maximum atomic E-state index is 13.6. The number of ether oxygens (including phenoxy) is 1. The number of halogens is 1. The first-order valence-corrected chi connectivity index (χ1v) is 7.67. The third-order valence-corrected chi connectivity index (χ3v) is 3.59. The molecule has 1 N–H and O–H groups in total. The third-order valence-electron chi connectivity index (χ3n) is 3.59. The van der Waals surface area contributed by atoms with Crippen LogP contribution in [-0.4, -0.2) is 23.0 Å². The van der Waals surface area contributed by atoms with Gasteiger partial charge in [-0.15, -0.1) is 0 Å². The molecular weight excluding hydrogens is 323 g/mol. The van der Waals surface area contributed by atoms with E-state index in [2.05, 4.69) is 10.3 Å². The summed E-state index contributed by atoms with van der Waals surface area (Å²) >= 11 is 0. The molecule has 1 aromatic heterocycles. The molecule has 2 aromatic carbocycles. The molecule has 1 heterocycles. The molecule has 6 heteroatoms. The van der Waals surface area contributed by atoms with Crippen LogP contribution in [-0.2, 0) is 9.53 Å². The lowest BCUT2D eigenvalue weighted by molar-refractivity contribution is -0.123. The fourth-order valence-corrected chi connectivity index (χ4v) is 2.25. The fourth-order valence-electron chi connectivity index (χ4n) is 2.25. The van der Waals surface area contributed by atoms with Crippen LogP contribution in [0.25, 0.3) is 10.9 Å². The van der Waals surface area contributed by atoms with E-state index in [4.69, 9.17) is 4.74 Å². The number of aromatic nitrogens is 1. The Morgan fingerprint density at radius 3 is 2.56 bits per heavy atom. The van der Waals surface area contributed by atoms with Gasteiger partial charge in [-0.2, -0.15) is 0 Å². The minimum absolute atomic E-state index is 0.0271. The summed E-state index contributed by atoms with van der Waals surface area (Å²) < 4.78 is 18.7. The average molecular weight is 338 g/mol. The lowest BCUT2D eigenvalue weighted by Crippen LogP contribution is -2.30. The molecule has 0 spiro atoms. The molecule has 0 aliphatic carbocycles. The van der Waals surface area contributed by atoms with Gasteiger partial charge in [-0.1, -0.05) is 36.4 Å². The Bertz CT molecular complexity index is 943. The SMILES string of the molecule is CC(OC(=O)c1ccc2ccccc2n1)C(=O)Nc1ccccc1F. The largest absolute Gasteiger partial charge is 0.448 e. The van der Waals surface area contributed by atoms with E-state index in [0.29, 0.717) is 5.52 Å². The van der Waals surface area contributed by atoms with E-state index < -0.39 is 23.8 Å². The van der Waals surface area contributed by atoms with Crippen molar-refractivity contribution in [2.75, 3.05) is 5.32 Å². The van der Waals surface area contributed by atoms with E-state index in [1.807, 2.05) is 18.2 Å². The van der Waals surface area contributed by atoms with E-state index in [0.717, 1.165) is 5.39 Å². The van der Waals surface area contributed by atoms with Gasteiger partial charge in [0.15, 0.2) is 6.10 Å². The summed E-state index contributed by atoms with van der Waals surface area (Å²) in [6.07, 6.45) is -1.10. The van der Waals surface area contributed by atoms with Crippen molar-refractivity contribution in [2.24, 2.45) is 0 Å². The smallest absolute Gasteiger partial charge is 0.357 e. The molecule has 126 valence electrons. The number of pyridine rings is 1. The van der Waals surface area contributed by atoms with Crippen molar-refractivity contribution in [2.45, 2.75) is 13.0 Å². The summed E-state index contributed by atoms with van der Waals surface area (Å²) in [6.45, 7) is 1.41. The number of anilines is 1. The molecule has 3 aromatic rings. The first-order valence-electron chi connectivity index (χ1n) is 7.67. The highest BCUT2D eigenvalue weighted by molar-refractivity contribution is 5.97. The summed E-state index contributed by atoms with van der Waals surface area (Å²) in [5.74, 6) is -1.91. The summed E-state index contributed by atoms with van der Waals surface area (Å²) in [6, 6.07) is 16.4. The van der Waals surface area contributed by atoms with Gasteiger partial charge in [0.25, 0.3) is 5.91 Å². The first-order chi connectivity index (χ1) is 12.0. The molecule has 5 nitrogen and oxygen atoms in total. The third kappa shape index (κ3) is 3.80. The van der Waals surface area contributed by atoms with Gasteiger partial charge in [0, 0.05) is 5.39 Å². The Labute approximate surface area is 143 Å². The van der Waals surface area contributed by atoms with Crippen molar-refractivity contribution >= 4 is 28.5 Å². The maximum Gasteiger partial charge on any atom is 0.357 e. The molecule has 0 saturated heterocycles. The van der Waals surface area contributed by atoms with Crippen LogP contribution in [0.15, 0.2) is 60.7 Å². The van der Waals surface area contributed by atoms with Gasteiger partial charge in [-0.3, -0.25) is 4.79 Å². The summed E-state index contributed by atoms with van der Waals surface area (Å²) in [4.78, 5) is 28.5. The zero-order valence-electron chi connectivity index (χ0n) is 13.4. The minimum atomic E-state index is -1.10. The van der Waals surface area contributed by atoms with Crippen LogP contribution < -0.4 is 5.32 Å². The van der Waals surface area contributed by atoms with Crippen molar-refractivity contribution in [1.29, 1.82) is 0 Å². The Morgan fingerprint density at radius 1 is 1.04 bits per heavy atom. The summed E-state index contributed by atoms with van der Waals surface area (Å²) in [5.41, 5.74) is 0.781. The Hall–Kier alpha value is -3.28. The average Bonchev–Trinajstić information content (AvgIpc) is 2.63.